The van der Waals surface area contributed by atoms with E-state index < -0.39 is 36.1 Å². The van der Waals surface area contributed by atoms with E-state index in [1.54, 1.807) is 40.5 Å². The molecule has 0 aliphatic carbocycles. The lowest BCUT2D eigenvalue weighted by Gasteiger charge is -2.31. The van der Waals surface area contributed by atoms with E-state index in [9.17, 15) is 24.3 Å². The molecular formula is C45H62N4O12. The molecule has 3 aromatic rings. The van der Waals surface area contributed by atoms with Gasteiger partial charge in [0.2, 0.25) is 24.1 Å². The molecule has 0 aromatic carbocycles. The van der Waals surface area contributed by atoms with Gasteiger partial charge in [0.15, 0.2) is 17.2 Å². The number of allylic oxidation sites excluding steroid dienone is 2. The molecule has 6 bridgehead atoms. The predicted molar refractivity (Wildman–Crippen MR) is 224 cm³/mol. The maximum absolute atomic E-state index is 13.4. The molecule has 1 aliphatic rings. The van der Waals surface area contributed by atoms with Crippen LogP contribution in [0.15, 0.2) is 62.5 Å². The van der Waals surface area contributed by atoms with E-state index in [-0.39, 0.29) is 66.2 Å². The summed E-state index contributed by atoms with van der Waals surface area (Å²) in [6.07, 6.45) is 14.0. The van der Waals surface area contributed by atoms with Gasteiger partial charge in [-0.3, -0.25) is 19.2 Å². The van der Waals surface area contributed by atoms with Crippen LogP contribution in [-0.4, -0.2) is 102 Å². The summed E-state index contributed by atoms with van der Waals surface area (Å²) < 4.78 is 40.3. The van der Waals surface area contributed by atoms with E-state index in [1.807, 2.05) is 39.8 Å². The van der Waals surface area contributed by atoms with Crippen molar-refractivity contribution in [1.29, 1.82) is 0 Å². The normalized spacial score (nSPS) is 24.4. The number of rotatable bonds is 15. The molecule has 10 unspecified atom stereocenters. The summed E-state index contributed by atoms with van der Waals surface area (Å²) in [6, 6.07) is 0. The van der Waals surface area contributed by atoms with Crippen LogP contribution in [0.5, 0.6) is 0 Å². The maximum Gasteiger partial charge on any atom is 0.308 e. The van der Waals surface area contributed by atoms with Crippen molar-refractivity contribution in [2.45, 2.75) is 110 Å². The lowest BCUT2D eigenvalue weighted by molar-refractivity contribution is -0.156. The molecule has 1 N–H and O–H groups in total. The Morgan fingerprint density at radius 3 is 2.38 bits per heavy atom. The van der Waals surface area contributed by atoms with Crippen molar-refractivity contribution in [3.63, 3.8) is 0 Å². The summed E-state index contributed by atoms with van der Waals surface area (Å²) in [7, 11) is 6.29. The Morgan fingerprint density at radius 2 is 1.67 bits per heavy atom. The Bertz CT molecular complexity index is 1950. The Labute approximate surface area is 357 Å². The molecule has 4 heterocycles. The molecule has 0 radical (unpaired) electrons. The molecule has 334 valence electrons. The van der Waals surface area contributed by atoms with Gasteiger partial charge < -0.3 is 42.2 Å². The average molecular weight is 851 g/mol. The monoisotopic (exact) mass is 850 g/mol. The standard InChI is InChI=1S/C45H62N4O12/c1-27-13-10-11-16-40-46-34(24-58-40)44-48-35(25-60-44)45-47-33(23-59-45)43(57-9)31(5)36(52)15-12-14-32(51)21-41(54)61-39(27)22-38(55-7)28(2)17-18-37(53)30(4)42(56-8)29(3)19-20-49(6)26-50/h11-12,15-16,19-20,23-32,38-39,42-43,51H,10,13-14,17-18,21-22H2,1-9H3/b15-12+,16-11-,20-19+. The van der Waals surface area contributed by atoms with Crippen molar-refractivity contribution < 1.29 is 56.5 Å². The second-order valence-corrected chi connectivity index (χ2v) is 16.0. The second kappa shape index (κ2) is 23.8. The molecule has 3 aromatic heterocycles. The third kappa shape index (κ3) is 14.0. The van der Waals surface area contributed by atoms with E-state index in [0.29, 0.717) is 61.5 Å². The quantitative estimate of drug-likeness (QED) is 0.118. The second-order valence-electron chi connectivity index (χ2n) is 16.0. The number of fused-ring (bicyclic) bond motifs is 8. The molecule has 61 heavy (non-hydrogen) atoms. The number of ether oxygens (including phenoxy) is 4. The molecule has 0 spiro atoms. The van der Waals surface area contributed by atoms with E-state index >= 15 is 0 Å². The SMILES string of the molecule is COC(CC1OC(=O)CC(O)C/C=C/C(=O)C(C)C(OC)c2coc(n2)-c2coc(n2)-c2coc(n2)/C=C\CCC1C)C(C)CCC(=O)C(C)C(OC)C(C)/C=C/N(C)C=O. The smallest absolute Gasteiger partial charge is 0.308 e. The highest BCUT2D eigenvalue weighted by atomic mass is 16.5. The Morgan fingerprint density at radius 1 is 0.967 bits per heavy atom. The van der Waals surface area contributed by atoms with Crippen LogP contribution in [0.1, 0.15) is 97.3 Å². The van der Waals surface area contributed by atoms with Crippen molar-refractivity contribution in [3.05, 3.63) is 60.9 Å². The maximum atomic E-state index is 13.4. The fraction of sp³-hybridized carbons (Fsp3) is 0.578. The van der Waals surface area contributed by atoms with E-state index in [1.165, 1.54) is 43.0 Å². The number of cyclic esters (lactones) is 1. The van der Waals surface area contributed by atoms with Crippen LogP contribution in [-0.2, 0) is 38.1 Å². The number of carbonyl (C=O) groups is 4. The first kappa shape index (κ1) is 48.6. The van der Waals surface area contributed by atoms with Crippen LogP contribution in [0, 0.1) is 29.6 Å². The Hall–Kier alpha value is -5.03. The topological polar surface area (TPSA) is 207 Å². The number of aromatic nitrogens is 3. The van der Waals surface area contributed by atoms with Gasteiger partial charge in [0.25, 0.3) is 0 Å². The molecule has 10 atom stereocenters. The predicted octanol–water partition coefficient (Wildman–Crippen LogP) is 7.21. The number of hydrogen-bond donors (Lipinski definition) is 1. The molecule has 1 aliphatic heterocycles. The number of methoxy groups -OCH3 is 3. The first-order valence-electron chi connectivity index (χ1n) is 20.8. The molecule has 0 fully saturated rings. The molecule has 16 heteroatoms. The van der Waals surface area contributed by atoms with Gasteiger partial charge in [-0.25, -0.2) is 15.0 Å². The van der Waals surface area contributed by atoms with Gasteiger partial charge in [-0.2, -0.15) is 0 Å². The highest BCUT2D eigenvalue weighted by Gasteiger charge is 2.32. The van der Waals surface area contributed by atoms with Crippen molar-refractivity contribution >= 4 is 30.0 Å². The van der Waals surface area contributed by atoms with Gasteiger partial charge >= 0.3 is 5.97 Å². The number of aliphatic hydroxyl groups is 1. The molecule has 0 saturated carbocycles. The van der Waals surface area contributed by atoms with Crippen molar-refractivity contribution in [2.75, 3.05) is 28.4 Å². The fourth-order valence-electron chi connectivity index (χ4n) is 7.37. The Kier molecular flexibility index (Phi) is 19.0. The minimum atomic E-state index is -1.10. The van der Waals surface area contributed by atoms with Crippen LogP contribution in [0.3, 0.4) is 0 Å². The average Bonchev–Trinajstić information content (AvgIpc) is 4.04. The summed E-state index contributed by atoms with van der Waals surface area (Å²) in [5, 5.41) is 10.8. The van der Waals surface area contributed by atoms with Crippen molar-refractivity contribution in [2.24, 2.45) is 29.6 Å². The zero-order chi connectivity index (χ0) is 44.6. The summed E-state index contributed by atoms with van der Waals surface area (Å²) in [6.45, 7) is 9.50. The number of esters is 1. The van der Waals surface area contributed by atoms with Crippen LogP contribution in [0.2, 0.25) is 0 Å². The van der Waals surface area contributed by atoms with E-state index in [0.717, 1.165) is 0 Å². The van der Waals surface area contributed by atoms with Gasteiger partial charge in [-0.15, -0.1) is 0 Å². The van der Waals surface area contributed by atoms with Crippen LogP contribution >= 0.6 is 0 Å². The minimum absolute atomic E-state index is 0.0418. The first-order chi connectivity index (χ1) is 29.2. The summed E-state index contributed by atoms with van der Waals surface area (Å²) >= 11 is 0. The van der Waals surface area contributed by atoms with Crippen molar-refractivity contribution in [3.8, 4) is 23.2 Å². The van der Waals surface area contributed by atoms with Gasteiger partial charge in [0, 0.05) is 59.3 Å². The lowest BCUT2D eigenvalue weighted by Crippen LogP contribution is -2.35. The van der Waals surface area contributed by atoms with E-state index in [2.05, 4.69) is 15.0 Å². The molecule has 1 amide bonds. The molecular weight excluding hydrogens is 789 g/mol. The largest absolute Gasteiger partial charge is 0.462 e. The molecule has 0 saturated heterocycles. The van der Waals surface area contributed by atoms with Crippen LogP contribution < -0.4 is 0 Å². The van der Waals surface area contributed by atoms with Gasteiger partial charge in [0.05, 0.1) is 30.7 Å². The first-order valence-corrected chi connectivity index (χ1v) is 20.8. The minimum Gasteiger partial charge on any atom is -0.462 e. The number of hydrogen-bond acceptors (Lipinski definition) is 15. The zero-order valence-corrected chi connectivity index (χ0v) is 36.7. The van der Waals surface area contributed by atoms with Crippen LogP contribution in [0.4, 0.5) is 0 Å². The number of oxazole rings is 3. The third-order valence-corrected chi connectivity index (χ3v) is 11.3. The fourth-order valence-corrected chi connectivity index (χ4v) is 7.37. The summed E-state index contributed by atoms with van der Waals surface area (Å²) in [5.41, 5.74) is 1.07. The number of Topliss-reactive ketones (excluding diaryl/α,β-unsaturated/α-hetero) is 1. The number of nitrogens with zero attached hydrogens (tertiary/aromatic N) is 4. The summed E-state index contributed by atoms with van der Waals surface area (Å²) in [4.78, 5) is 65.8. The van der Waals surface area contributed by atoms with E-state index in [4.69, 9.17) is 32.2 Å². The molecule has 4 rings (SSSR count). The van der Waals surface area contributed by atoms with Gasteiger partial charge in [0.1, 0.15) is 42.5 Å². The zero-order valence-electron chi connectivity index (χ0n) is 36.7. The number of amides is 1. The van der Waals surface area contributed by atoms with Crippen molar-refractivity contribution in [1.82, 2.24) is 19.9 Å². The highest BCUT2D eigenvalue weighted by Crippen LogP contribution is 2.31. The lowest BCUT2D eigenvalue weighted by atomic mass is 9.85. The van der Waals surface area contributed by atoms with Gasteiger partial charge in [-0.1, -0.05) is 52.8 Å². The highest BCUT2D eigenvalue weighted by molar-refractivity contribution is 5.92. The summed E-state index contributed by atoms with van der Waals surface area (Å²) in [5.74, 6) is -1.47. The third-order valence-electron chi connectivity index (χ3n) is 11.3. The number of aliphatic hydroxyl groups excluding tert-OH is 1. The molecule has 16 nitrogen and oxygen atoms in total. The Balaban J connectivity index is 1.49. The van der Waals surface area contributed by atoms with Crippen LogP contribution in [0.25, 0.3) is 29.2 Å². The number of carbonyl (C=O) groups excluding carboxylic acids is 4. The number of ketones is 2. The van der Waals surface area contributed by atoms with Gasteiger partial charge in [-0.05, 0) is 49.7 Å².